The summed E-state index contributed by atoms with van der Waals surface area (Å²) in [5.74, 6) is -0.207. The Labute approximate surface area is 90.2 Å². The van der Waals surface area contributed by atoms with E-state index in [1.54, 1.807) is 0 Å². The molecule has 1 aromatic rings. The van der Waals surface area contributed by atoms with Gasteiger partial charge in [-0.15, -0.1) is 0 Å². The summed E-state index contributed by atoms with van der Waals surface area (Å²) in [6, 6.07) is 3.85. The summed E-state index contributed by atoms with van der Waals surface area (Å²) in [6.45, 7) is 0. The van der Waals surface area contributed by atoms with Crippen LogP contribution in [0.2, 0.25) is 0 Å². The van der Waals surface area contributed by atoms with Crippen LogP contribution in [0.5, 0.6) is 5.75 Å². The Morgan fingerprint density at radius 3 is 2.75 bits per heavy atom. The first-order valence-electron chi connectivity index (χ1n) is 4.53. The lowest BCUT2D eigenvalue weighted by molar-refractivity contribution is -0.647. The number of rotatable bonds is 1. The number of aromatic hydroxyl groups is 1. The molecule has 3 N–H and O–H groups in total. The van der Waals surface area contributed by atoms with E-state index in [4.69, 9.17) is 0 Å². The fraction of sp³-hybridized carbons (Fsp3) is 0.200. The normalized spacial score (nSPS) is 27.5. The molecule has 2 rings (SSSR count). The van der Waals surface area contributed by atoms with Crippen molar-refractivity contribution in [3.05, 3.63) is 45.5 Å². The molecule has 0 bridgehead atoms. The molecule has 0 fully saturated rings. The smallest absolute Gasteiger partial charge is 0.379 e. The summed E-state index contributed by atoms with van der Waals surface area (Å²) in [7, 11) is 0. The maximum absolute atomic E-state index is 10.8. The second-order valence-electron chi connectivity index (χ2n) is 3.56. The van der Waals surface area contributed by atoms with Crippen molar-refractivity contribution in [2.75, 3.05) is 0 Å². The van der Waals surface area contributed by atoms with E-state index in [9.17, 15) is 25.4 Å². The maximum atomic E-state index is 10.8. The number of aliphatic hydroxyl groups excluding tert-OH is 1. The highest BCUT2D eigenvalue weighted by Gasteiger charge is 2.52. The van der Waals surface area contributed by atoms with Gasteiger partial charge in [0, 0.05) is 0 Å². The van der Waals surface area contributed by atoms with Gasteiger partial charge in [-0.2, -0.15) is 0 Å². The van der Waals surface area contributed by atoms with E-state index in [2.05, 4.69) is 0 Å². The number of benzene rings is 1. The maximum Gasteiger partial charge on any atom is 0.379 e. The van der Waals surface area contributed by atoms with Crippen molar-refractivity contribution in [1.29, 1.82) is 0 Å². The van der Waals surface area contributed by atoms with Crippen LogP contribution in [0.25, 0.3) is 6.08 Å². The summed E-state index contributed by atoms with van der Waals surface area (Å²) < 4.78 is 0. The molecule has 2 atom stereocenters. The molecule has 84 valence electrons. The zero-order chi connectivity index (χ0) is 11.9. The summed E-state index contributed by atoms with van der Waals surface area (Å²) in [5.41, 5.74) is -2.34. The molecule has 0 aromatic heterocycles. The van der Waals surface area contributed by atoms with E-state index in [0.717, 1.165) is 12.1 Å². The minimum absolute atomic E-state index is 0.118. The molecular weight excluding hydrogens is 214 g/mol. The van der Waals surface area contributed by atoms with Crippen LogP contribution >= 0.6 is 0 Å². The third kappa shape index (κ3) is 1.28. The van der Waals surface area contributed by atoms with Crippen LogP contribution in [0.15, 0.2) is 24.3 Å². The number of phenols is 1. The Morgan fingerprint density at radius 1 is 1.44 bits per heavy atom. The molecule has 0 heterocycles. The van der Waals surface area contributed by atoms with Crippen LogP contribution < -0.4 is 0 Å². The molecule has 16 heavy (non-hydrogen) atoms. The number of fused-ring (bicyclic) bond motifs is 1. The van der Waals surface area contributed by atoms with Gasteiger partial charge in [0.25, 0.3) is 0 Å². The molecule has 0 spiro atoms. The first kappa shape index (κ1) is 10.6. The Morgan fingerprint density at radius 2 is 2.12 bits per heavy atom. The fourth-order valence-corrected chi connectivity index (χ4v) is 1.70. The Hall–Kier alpha value is -1.92. The number of aliphatic hydroxyl groups is 2. The van der Waals surface area contributed by atoms with E-state index in [1.165, 1.54) is 18.2 Å². The monoisotopic (exact) mass is 223 g/mol. The van der Waals surface area contributed by atoms with Crippen LogP contribution in [0.4, 0.5) is 0 Å². The van der Waals surface area contributed by atoms with Gasteiger partial charge in [0.05, 0.1) is 10.5 Å². The van der Waals surface area contributed by atoms with Gasteiger partial charge in [-0.25, -0.2) is 0 Å². The molecule has 0 saturated carbocycles. The van der Waals surface area contributed by atoms with Crippen LogP contribution in [0.1, 0.15) is 11.1 Å². The minimum atomic E-state index is -2.61. The molecule has 0 radical (unpaired) electrons. The Bertz CT molecular complexity index is 484. The molecule has 1 aromatic carbocycles. The molecule has 1 aliphatic rings. The summed E-state index contributed by atoms with van der Waals surface area (Å²) in [5, 5.41) is 39.4. The molecule has 0 amide bonds. The van der Waals surface area contributed by atoms with Gasteiger partial charge >= 0.3 is 5.72 Å². The highest BCUT2D eigenvalue weighted by Crippen LogP contribution is 2.36. The Balaban J connectivity index is 2.69. The van der Waals surface area contributed by atoms with Crippen LogP contribution in [0.3, 0.4) is 0 Å². The first-order chi connectivity index (χ1) is 7.46. The van der Waals surface area contributed by atoms with Crippen molar-refractivity contribution in [2.45, 2.75) is 11.8 Å². The predicted octanol–water partition coefficient (Wildman–Crippen LogP) is 0.202. The van der Waals surface area contributed by atoms with Crippen molar-refractivity contribution in [3.63, 3.8) is 0 Å². The first-order valence-corrected chi connectivity index (χ1v) is 4.53. The zero-order valence-corrected chi connectivity index (χ0v) is 8.07. The van der Waals surface area contributed by atoms with Crippen molar-refractivity contribution < 1.29 is 20.2 Å². The van der Waals surface area contributed by atoms with E-state index < -0.39 is 16.8 Å². The van der Waals surface area contributed by atoms with Crippen molar-refractivity contribution >= 4 is 6.08 Å². The van der Waals surface area contributed by atoms with Crippen LogP contribution in [-0.4, -0.2) is 26.3 Å². The van der Waals surface area contributed by atoms with E-state index in [-0.39, 0.29) is 11.3 Å². The highest BCUT2D eigenvalue weighted by atomic mass is 16.7. The number of nitro groups is 1. The van der Waals surface area contributed by atoms with E-state index >= 15 is 0 Å². The third-order valence-electron chi connectivity index (χ3n) is 2.58. The predicted molar refractivity (Wildman–Crippen MR) is 54.0 cm³/mol. The minimum Gasteiger partial charge on any atom is -0.508 e. The van der Waals surface area contributed by atoms with Gasteiger partial charge in [0.1, 0.15) is 5.75 Å². The van der Waals surface area contributed by atoms with Gasteiger partial charge < -0.3 is 15.3 Å². The number of hydrogen-bond donors (Lipinski definition) is 3. The van der Waals surface area contributed by atoms with E-state index in [1.807, 2.05) is 0 Å². The lowest BCUT2D eigenvalue weighted by atomic mass is 9.87. The molecular formula is C10H9NO5. The van der Waals surface area contributed by atoms with Gasteiger partial charge in [-0.3, -0.25) is 10.1 Å². The number of nitrogens with zero attached hydrogens (tertiary/aromatic N) is 1. The van der Waals surface area contributed by atoms with E-state index in [0.29, 0.717) is 5.56 Å². The third-order valence-corrected chi connectivity index (χ3v) is 2.58. The summed E-state index contributed by atoms with van der Waals surface area (Å²) in [6.07, 6.45) is 0.955. The van der Waals surface area contributed by atoms with Crippen LogP contribution in [0, 0.1) is 10.1 Å². The second kappa shape index (κ2) is 3.29. The SMILES string of the molecule is O=[N+]([O-])C1(O)c2cc(O)ccc2C=CC1O. The molecule has 6 heteroatoms. The zero-order valence-electron chi connectivity index (χ0n) is 8.07. The quantitative estimate of drug-likeness (QED) is 0.358. The van der Waals surface area contributed by atoms with Crippen molar-refractivity contribution in [1.82, 2.24) is 0 Å². The standard InChI is InChI=1S/C10H9NO5/c12-7-3-1-6-2-4-9(13)10(14,11(15)16)8(6)5-7/h1-5,9,12-14H. The largest absolute Gasteiger partial charge is 0.508 e. The van der Waals surface area contributed by atoms with Gasteiger partial charge in [0.15, 0.2) is 6.10 Å². The van der Waals surface area contributed by atoms with Gasteiger partial charge in [0.2, 0.25) is 0 Å². The fourth-order valence-electron chi connectivity index (χ4n) is 1.70. The molecule has 2 unspecified atom stereocenters. The lowest BCUT2D eigenvalue weighted by Crippen LogP contribution is -2.47. The number of hydrogen-bond acceptors (Lipinski definition) is 5. The summed E-state index contributed by atoms with van der Waals surface area (Å²) >= 11 is 0. The molecule has 6 nitrogen and oxygen atoms in total. The average Bonchev–Trinajstić information content (AvgIpc) is 2.24. The highest BCUT2D eigenvalue weighted by molar-refractivity contribution is 5.60. The van der Waals surface area contributed by atoms with Gasteiger partial charge in [-0.1, -0.05) is 12.1 Å². The van der Waals surface area contributed by atoms with Crippen LogP contribution in [-0.2, 0) is 5.72 Å². The second-order valence-corrected chi connectivity index (χ2v) is 3.56. The molecule has 0 saturated heterocycles. The lowest BCUT2D eigenvalue weighted by Gasteiger charge is -2.27. The van der Waals surface area contributed by atoms with Crippen molar-refractivity contribution in [3.8, 4) is 5.75 Å². The molecule has 1 aliphatic carbocycles. The molecule has 0 aliphatic heterocycles. The topological polar surface area (TPSA) is 104 Å². The Kier molecular flexibility index (Phi) is 2.18. The average molecular weight is 223 g/mol. The van der Waals surface area contributed by atoms with Crippen molar-refractivity contribution in [2.24, 2.45) is 0 Å². The summed E-state index contributed by atoms with van der Waals surface area (Å²) in [4.78, 5) is 9.87. The van der Waals surface area contributed by atoms with Gasteiger partial charge in [-0.05, 0) is 23.8 Å². The number of phenolic OH excluding ortho intramolecular Hbond substituents is 1.